The van der Waals surface area contributed by atoms with Gasteiger partial charge in [-0.05, 0) is 31.2 Å². The number of hydrogen-bond donors (Lipinski definition) is 2. The molecule has 0 spiro atoms. The monoisotopic (exact) mass is 622 g/mol. The maximum Gasteiger partial charge on any atom is 0.283 e. The van der Waals surface area contributed by atoms with E-state index in [4.69, 9.17) is 16.3 Å². The van der Waals surface area contributed by atoms with Gasteiger partial charge in [-0.15, -0.1) is 11.3 Å². The fourth-order valence-corrected chi connectivity index (χ4v) is 8.26. The van der Waals surface area contributed by atoms with E-state index in [1.165, 1.54) is 20.7 Å². The van der Waals surface area contributed by atoms with Crippen LogP contribution in [0.1, 0.15) is 33.7 Å². The zero-order valence-corrected chi connectivity index (χ0v) is 24.8. The third kappa shape index (κ3) is 5.61. The van der Waals surface area contributed by atoms with Crippen molar-refractivity contribution in [2.24, 2.45) is 0 Å². The van der Waals surface area contributed by atoms with E-state index >= 15 is 0 Å². The van der Waals surface area contributed by atoms with E-state index in [2.05, 4.69) is 9.97 Å². The number of aromatic amines is 1. The number of thiazole rings is 1. The molecule has 2 saturated heterocycles. The zero-order chi connectivity index (χ0) is 28.9. The Hall–Kier alpha value is -2.59. The Kier molecular flexibility index (Phi) is 7.82. The predicted octanol–water partition coefficient (Wildman–Crippen LogP) is 2.18. The molecule has 0 radical (unpaired) electrons. The van der Waals surface area contributed by atoms with Crippen LogP contribution in [0.4, 0.5) is 0 Å². The van der Waals surface area contributed by atoms with E-state index in [0.29, 0.717) is 55.2 Å². The molecule has 2 fully saturated rings. The Labute approximate surface area is 246 Å². The number of hydroxylamine groups is 2. The molecular formula is C26H31ClN6O6S2. The average Bonchev–Trinajstić information content (AvgIpc) is 3.57. The molecule has 2 aromatic heterocycles. The SMILES string of the molecule is CC1Cc2nc(C(=O)N3CCN(S(=O)(=O)c4cc5cc(Cl)ccc5[nH]4)CC3CC(=O)N3CCOCC3)sc2CN1O. The molecule has 2 unspecified atom stereocenters. The molecule has 5 heterocycles. The van der Waals surface area contributed by atoms with Crippen molar-refractivity contribution in [3.8, 4) is 0 Å². The highest BCUT2D eigenvalue weighted by molar-refractivity contribution is 7.89. The molecule has 2 atom stereocenters. The van der Waals surface area contributed by atoms with E-state index in [0.717, 1.165) is 10.6 Å². The van der Waals surface area contributed by atoms with Crippen LogP contribution in [0.2, 0.25) is 5.02 Å². The number of carbonyl (C=O) groups is 2. The summed E-state index contributed by atoms with van der Waals surface area (Å²) in [5.74, 6) is -0.489. The van der Waals surface area contributed by atoms with E-state index in [1.54, 1.807) is 34.1 Å². The molecule has 41 heavy (non-hydrogen) atoms. The largest absolute Gasteiger partial charge is 0.378 e. The van der Waals surface area contributed by atoms with E-state index < -0.39 is 16.1 Å². The number of nitrogens with zero attached hydrogens (tertiary/aromatic N) is 5. The summed E-state index contributed by atoms with van der Waals surface area (Å²) < 4.78 is 34.1. The highest BCUT2D eigenvalue weighted by atomic mass is 35.5. The molecule has 2 amide bonds. The molecule has 3 aliphatic heterocycles. The van der Waals surface area contributed by atoms with Crippen molar-refractivity contribution < 1.29 is 28.0 Å². The number of aromatic nitrogens is 2. The van der Waals surface area contributed by atoms with Crippen LogP contribution >= 0.6 is 22.9 Å². The Morgan fingerprint density at radius 3 is 2.76 bits per heavy atom. The van der Waals surface area contributed by atoms with Gasteiger partial charge >= 0.3 is 0 Å². The second kappa shape index (κ2) is 11.2. The van der Waals surface area contributed by atoms with Crippen molar-refractivity contribution >= 4 is 55.7 Å². The molecule has 3 aromatic rings. The van der Waals surface area contributed by atoms with Crippen LogP contribution in [0.3, 0.4) is 0 Å². The first-order valence-corrected chi connectivity index (χ1v) is 16.1. The van der Waals surface area contributed by atoms with E-state index in [1.807, 2.05) is 6.92 Å². The Bertz CT molecular complexity index is 1560. The molecular weight excluding hydrogens is 592 g/mol. The molecule has 2 N–H and O–H groups in total. The number of nitrogens with one attached hydrogen (secondary N) is 1. The van der Waals surface area contributed by atoms with Crippen LogP contribution in [0, 0.1) is 0 Å². The molecule has 6 rings (SSSR count). The Morgan fingerprint density at radius 1 is 1.20 bits per heavy atom. The van der Waals surface area contributed by atoms with Gasteiger partial charge in [0.2, 0.25) is 5.91 Å². The van der Waals surface area contributed by atoms with Crippen molar-refractivity contribution in [3.63, 3.8) is 0 Å². The molecule has 0 bridgehead atoms. The fraction of sp³-hybridized carbons (Fsp3) is 0.500. The van der Waals surface area contributed by atoms with Crippen molar-refractivity contribution in [3.05, 3.63) is 44.9 Å². The Balaban J connectivity index is 1.27. The van der Waals surface area contributed by atoms with Crippen LogP contribution in [0.25, 0.3) is 10.9 Å². The Morgan fingerprint density at radius 2 is 1.98 bits per heavy atom. The van der Waals surface area contributed by atoms with Gasteiger partial charge in [0.25, 0.3) is 15.9 Å². The minimum Gasteiger partial charge on any atom is -0.378 e. The summed E-state index contributed by atoms with van der Waals surface area (Å²) in [5, 5.41) is 12.9. The number of carbonyl (C=O) groups excluding carboxylic acids is 2. The smallest absolute Gasteiger partial charge is 0.283 e. The zero-order valence-electron chi connectivity index (χ0n) is 22.5. The predicted molar refractivity (Wildman–Crippen MR) is 152 cm³/mol. The van der Waals surface area contributed by atoms with Crippen LogP contribution in [0.5, 0.6) is 0 Å². The summed E-state index contributed by atoms with van der Waals surface area (Å²) >= 11 is 7.33. The van der Waals surface area contributed by atoms with Crippen LogP contribution in [0.15, 0.2) is 29.3 Å². The van der Waals surface area contributed by atoms with Crippen molar-refractivity contribution in [2.75, 3.05) is 45.9 Å². The first-order valence-electron chi connectivity index (χ1n) is 13.5. The van der Waals surface area contributed by atoms with Gasteiger partial charge in [-0.3, -0.25) is 9.59 Å². The normalized spacial score (nSPS) is 22.7. The van der Waals surface area contributed by atoms with Gasteiger partial charge in [-0.2, -0.15) is 9.37 Å². The van der Waals surface area contributed by atoms with Crippen LogP contribution in [-0.4, -0.2) is 113 Å². The van der Waals surface area contributed by atoms with Crippen molar-refractivity contribution in [1.82, 2.24) is 29.1 Å². The number of halogens is 1. The van der Waals surface area contributed by atoms with Gasteiger partial charge in [0.15, 0.2) is 5.01 Å². The lowest BCUT2D eigenvalue weighted by Crippen LogP contribution is -2.58. The maximum absolute atomic E-state index is 13.8. The summed E-state index contributed by atoms with van der Waals surface area (Å²) in [6.45, 7) is 4.11. The summed E-state index contributed by atoms with van der Waals surface area (Å²) in [7, 11) is -3.95. The van der Waals surface area contributed by atoms with E-state index in [9.17, 15) is 23.2 Å². The number of morpholine rings is 1. The quantitative estimate of drug-likeness (QED) is 0.441. The molecule has 1 aromatic carbocycles. The van der Waals surface area contributed by atoms with Crippen LogP contribution < -0.4 is 0 Å². The molecule has 12 nitrogen and oxygen atoms in total. The average molecular weight is 623 g/mol. The number of fused-ring (bicyclic) bond motifs is 2. The molecule has 0 aliphatic carbocycles. The lowest BCUT2D eigenvalue weighted by atomic mass is 10.1. The number of benzene rings is 1. The standard InChI is InChI=1S/C26H31ClN6O6S2/c1-16-10-21-22(15-33(16)36)40-25(29-21)26(35)32-5-4-31(14-19(32)13-24(34)30-6-8-39-9-7-30)41(37,38)23-12-17-11-18(27)2-3-20(17)28-23/h2-3,11-12,16,19,28,36H,4-10,13-15H2,1H3. The maximum atomic E-state index is 13.8. The number of H-pyrrole nitrogens is 1. The summed E-state index contributed by atoms with van der Waals surface area (Å²) in [4.78, 5) is 38.7. The number of hydrogen-bond acceptors (Lipinski definition) is 9. The second-order valence-electron chi connectivity index (χ2n) is 10.6. The number of piperazine rings is 1. The van der Waals surface area contributed by atoms with Gasteiger partial charge < -0.3 is 24.7 Å². The van der Waals surface area contributed by atoms with Gasteiger partial charge in [0, 0.05) is 72.4 Å². The number of amides is 2. The van der Waals surface area contributed by atoms with Gasteiger partial charge in [-0.25, -0.2) is 13.4 Å². The van der Waals surface area contributed by atoms with Gasteiger partial charge in [0.05, 0.1) is 31.5 Å². The molecule has 220 valence electrons. The summed E-state index contributed by atoms with van der Waals surface area (Å²) in [6, 6.07) is 5.85. The third-order valence-corrected chi connectivity index (χ3v) is 11.0. The minimum atomic E-state index is -3.95. The highest BCUT2D eigenvalue weighted by Crippen LogP contribution is 2.30. The van der Waals surface area contributed by atoms with Gasteiger partial charge in [-0.1, -0.05) is 11.6 Å². The van der Waals surface area contributed by atoms with Crippen molar-refractivity contribution in [1.29, 1.82) is 0 Å². The molecule has 15 heteroatoms. The lowest BCUT2D eigenvalue weighted by molar-refractivity contribution is -0.136. The lowest BCUT2D eigenvalue weighted by Gasteiger charge is -2.41. The summed E-state index contributed by atoms with van der Waals surface area (Å²) in [5.41, 5.74) is 1.43. The molecule has 3 aliphatic rings. The first kappa shape index (κ1) is 28.5. The van der Waals surface area contributed by atoms with Crippen LogP contribution in [-0.2, 0) is 32.5 Å². The first-order chi connectivity index (χ1) is 19.6. The topological polar surface area (TPSA) is 139 Å². The number of rotatable bonds is 5. The number of ether oxygens (including phenoxy) is 1. The number of sulfonamides is 1. The van der Waals surface area contributed by atoms with E-state index in [-0.39, 0.29) is 53.9 Å². The highest BCUT2D eigenvalue weighted by Gasteiger charge is 2.40. The minimum absolute atomic E-state index is 0.0212. The van der Waals surface area contributed by atoms with Gasteiger partial charge in [0.1, 0.15) is 5.03 Å². The fourth-order valence-electron chi connectivity index (χ4n) is 5.55. The third-order valence-electron chi connectivity index (χ3n) is 7.92. The van der Waals surface area contributed by atoms with Crippen molar-refractivity contribution in [2.45, 2.75) is 43.4 Å². The second-order valence-corrected chi connectivity index (χ2v) is 14.0. The summed E-state index contributed by atoms with van der Waals surface area (Å²) in [6.07, 6.45) is 0.503. The molecule has 0 saturated carbocycles.